The van der Waals surface area contributed by atoms with Gasteiger partial charge in [-0.3, -0.25) is 4.79 Å². The molecular weight excluding hydrogens is 338 g/mol. The number of aromatic carboxylic acids is 1. The number of thiophene rings is 1. The van der Waals surface area contributed by atoms with Gasteiger partial charge in [-0.25, -0.2) is 5.43 Å². The number of carbonyl (C=O) groups excluding carboxylic acids is 2. The number of nitrogens with zero attached hydrogens (tertiary/aromatic N) is 2. The molecule has 1 amide bonds. The van der Waals surface area contributed by atoms with Crippen LogP contribution in [-0.2, 0) is 11.2 Å². The molecule has 7 heteroatoms. The monoisotopic (exact) mass is 356 g/mol. The first kappa shape index (κ1) is 17.2. The van der Waals surface area contributed by atoms with E-state index in [0.717, 1.165) is 36.4 Å². The molecule has 0 atom stereocenters. The van der Waals surface area contributed by atoms with Crippen molar-refractivity contribution >= 4 is 34.6 Å². The highest BCUT2D eigenvalue weighted by atomic mass is 32.1. The van der Waals surface area contributed by atoms with Gasteiger partial charge in [0.2, 0.25) is 0 Å². The van der Waals surface area contributed by atoms with Crippen molar-refractivity contribution in [3.63, 3.8) is 0 Å². The highest BCUT2D eigenvalue weighted by Gasteiger charge is 2.18. The Morgan fingerprint density at radius 2 is 2.00 bits per heavy atom. The van der Waals surface area contributed by atoms with Crippen LogP contribution in [0.2, 0.25) is 0 Å². The quantitative estimate of drug-likeness (QED) is 0.648. The number of carboxylic acids is 1. The third-order valence-electron chi connectivity index (χ3n) is 4.05. The summed E-state index contributed by atoms with van der Waals surface area (Å²) in [6.07, 6.45) is 2.05. The minimum Gasteiger partial charge on any atom is -0.544 e. The number of rotatable bonds is 5. The van der Waals surface area contributed by atoms with Crippen LogP contribution in [0.5, 0.6) is 0 Å². The summed E-state index contributed by atoms with van der Waals surface area (Å²) < 4.78 is 0. The van der Waals surface area contributed by atoms with E-state index in [1.165, 1.54) is 11.6 Å². The van der Waals surface area contributed by atoms with E-state index in [0.29, 0.717) is 10.6 Å². The zero-order valence-electron chi connectivity index (χ0n) is 13.8. The molecule has 2 heterocycles. The van der Waals surface area contributed by atoms with Crippen LogP contribution >= 0.6 is 11.3 Å². The molecule has 0 saturated carbocycles. The van der Waals surface area contributed by atoms with Crippen molar-refractivity contribution in [2.75, 3.05) is 18.0 Å². The Morgan fingerprint density at radius 3 is 2.76 bits per heavy atom. The van der Waals surface area contributed by atoms with Gasteiger partial charge >= 0.3 is 0 Å². The predicted molar refractivity (Wildman–Crippen MR) is 96.0 cm³/mol. The van der Waals surface area contributed by atoms with Crippen LogP contribution < -0.4 is 15.4 Å². The standard InChI is InChI=1S/C18H19N3O3S/c1-12(15-8-9-16(25-15)18(23)24)19-20-17(22)11-21-10-4-6-13-5-2-3-7-14(13)21/h2-3,5,7-9H,4,6,10-11H2,1H3,(H,20,22)(H,23,24)/p-1/b19-12-. The Labute approximate surface area is 149 Å². The maximum absolute atomic E-state index is 12.2. The fourth-order valence-electron chi connectivity index (χ4n) is 2.83. The van der Waals surface area contributed by atoms with Gasteiger partial charge < -0.3 is 14.8 Å². The Morgan fingerprint density at radius 1 is 1.24 bits per heavy atom. The number of benzene rings is 1. The highest BCUT2D eigenvalue weighted by Crippen LogP contribution is 2.26. The van der Waals surface area contributed by atoms with Crippen molar-refractivity contribution in [1.82, 2.24) is 5.43 Å². The molecule has 3 rings (SSSR count). The van der Waals surface area contributed by atoms with Crippen LogP contribution in [0.25, 0.3) is 0 Å². The molecule has 0 aliphatic carbocycles. The number of nitrogens with one attached hydrogen (secondary N) is 1. The third-order valence-corrected chi connectivity index (χ3v) is 5.23. The first-order valence-corrected chi connectivity index (χ1v) is 8.84. The van der Waals surface area contributed by atoms with E-state index in [4.69, 9.17) is 0 Å². The fourth-order valence-corrected chi connectivity index (χ4v) is 3.61. The molecule has 0 saturated heterocycles. The van der Waals surface area contributed by atoms with Crippen molar-refractivity contribution < 1.29 is 14.7 Å². The van der Waals surface area contributed by atoms with Crippen LogP contribution in [-0.4, -0.2) is 30.7 Å². The predicted octanol–water partition coefficient (Wildman–Crippen LogP) is 1.40. The topological polar surface area (TPSA) is 84.8 Å². The molecule has 0 unspecified atom stereocenters. The molecular formula is C18H18N3O3S-. The Hall–Kier alpha value is -2.67. The molecule has 1 aliphatic heterocycles. The normalized spacial score (nSPS) is 14.1. The second-order valence-corrected chi connectivity index (χ2v) is 6.92. The molecule has 1 aromatic heterocycles. The maximum Gasteiger partial charge on any atom is 0.259 e. The van der Waals surface area contributed by atoms with E-state index in [1.54, 1.807) is 13.0 Å². The van der Waals surface area contributed by atoms with Crippen LogP contribution in [0.3, 0.4) is 0 Å². The van der Waals surface area contributed by atoms with E-state index in [2.05, 4.69) is 21.5 Å². The van der Waals surface area contributed by atoms with E-state index in [1.807, 2.05) is 18.2 Å². The summed E-state index contributed by atoms with van der Waals surface area (Å²) in [6, 6.07) is 11.2. The number of amides is 1. The summed E-state index contributed by atoms with van der Waals surface area (Å²) in [5, 5.41) is 14.9. The average Bonchev–Trinajstić information content (AvgIpc) is 3.10. The van der Waals surface area contributed by atoms with E-state index < -0.39 is 5.97 Å². The van der Waals surface area contributed by atoms with Crippen molar-refractivity contribution in [2.45, 2.75) is 19.8 Å². The molecule has 6 nitrogen and oxygen atoms in total. The Bertz CT molecular complexity index is 828. The molecule has 0 spiro atoms. The molecule has 0 fully saturated rings. The fraction of sp³-hybridized carbons (Fsp3) is 0.278. The number of fused-ring (bicyclic) bond motifs is 1. The van der Waals surface area contributed by atoms with Crippen molar-refractivity contribution in [3.05, 3.63) is 51.7 Å². The first-order chi connectivity index (χ1) is 12.0. The molecule has 25 heavy (non-hydrogen) atoms. The zero-order valence-corrected chi connectivity index (χ0v) is 14.6. The van der Waals surface area contributed by atoms with Gasteiger partial charge in [-0.05, 0) is 43.5 Å². The second kappa shape index (κ2) is 7.48. The number of para-hydroxylation sites is 1. The molecule has 2 aromatic rings. The van der Waals surface area contributed by atoms with Gasteiger partial charge in [0.1, 0.15) is 0 Å². The number of anilines is 1. The lowest BCUT2D eigenvalue weighted by molar-refractivity contribution is -0.254. The number of carboxylic acid groups (broad SMARTS) is 1. The summed E-state index contributed by atoms with van der Waals surface area (Å²) in [6.45, 7) is 2.80. The number of aryl methyl sites for hydroxylation is 1. The van der Waals surface area contributed by atoms with Crippen LogP contribution in [0.1, 0.15) is 33.5 Å². The van der Waals surface area contributed by atoms with Gasteiger partial charge in [-0.2, -0.15) is 5.10 Å². The summed E-state index contributed by atoms with van der Waals surface area (Å²) in [5.74, 6) is -1.41. The van der Waals surface area contributed by atoms with Crippen molar-refractivity contribution in [2.24, 2.45) is 5.10 Å². The lowest BCUT2D eigenvalue weighted by Gasteiger charge is -2.30. The number of carbonyl (C=O) groups is 2. The third kappa shape index (κ3) is 4.06. The van der Waals surface area contributed by atoms with Crippen molar-refractivity contribution in [1.29, 1.82) is 0 Å². The lowest BCUT2D eigenvalue weighted by Crippen LogP contribution is -2.38. The molecule has 0 radical (unpaired) electrons. The van der Waals surface area contributed by atoms with Crippen LogP contribution in [0.4, 0.5) is 5.69 Å². The summed E-state index contributed by atoms with van der Waals surface area (Å²) >= 11 is 1.07. The van der Waals surface area contributed by atoms with Gasteiger partial charge in [0.05, 0.1) is 28.0 Å². The molecule has 1 aliphatic rings. The molecule has 130 valence electrons. The maximum atomic E-state index is 12.2. The second-order valence-electron chi connectivity index (χ2n) is 5.84. The number of hydrogen-bond acceptors (Lipinski definition) is 6. The minimum absolute atomic E-state index is 0.140. The highest BCUT2D eigenvalue weighted by molar-refractivity contribution is 7.15. The van der Waals surface area contributed by atoms with Gasteiger partial charge in [0, 0.05) is 12.2 Å². The smallest absolute Gasteiger partial charge is 0.259 e. The van der Waals surface area contributed by atoms with Gasteiger partial charge in [-0.15, -0.1) is 11.3 Å². The lowest BCUT2D eigenvalue weighted by atomic mass is 10.0. The molecule has 1 aromatic carbocycles. The number of hydrogen-bond donors (Lipinski definition) is 1. The van der Waals surface area contributed by atoms with Gasteiger partial charge in [0.15, 0.2) is 0 Å². The average molecular weight is 356 g/mol. The van der Waals surface area contributed by atoms with E-state index in [9.17, 15) is 14.7 Å². The molecule has 0 bridgehead atoms. The van der Waals surface area contributed by atoms with Gasteiger partial charge in [-0.1, -0.05) is 18.2 Å². The first-order valence-electron chi connectivity index (χ1n) is 8.02. The van der Waals surface area contributed by atoms with E-state index >= 15 is 0 Å². The molecule has 1 N–H and O–H groups in total. The zero-order chi connectivity index (χ0) is 17.8. The minimum atomic E-state index is -1.21. The van der Waals surface area contributed by atoms with Gasteiger partial charge in [0.25, 0.3) is 5.91 Å². The Balaban J connectivity index is 1.62. The number of hydrazone groups is 1. The Kier molecular flexibility index (Phi) is 5.14. The summed E-state index contributed by atoms with van der Waals surface area (Å²) in [4.78, 5) is 25.9. The van der Waals surface area contributed by atoms with Crippen LogP contribution in [0, 0.1) is 0 Å². The SMILES string of the molecule is C/C(=N/NC(=O)CN1CCCc2ccccc21)c1ccc(C(=O)[O-])s1. The van der Waals surface area contributed by atoms with E-state index in [-0.39, 0.29) is 17.3 Å². The summed E-state index contributed by atoms with van der Waals surface area (Å²) in [7, 11) is 0. The summed E-state index contributed by atoms with van der Waals surface area (Å²) in [5.41, 5.74) is 5.47. The van der Waals surface area contributed by atoms with Crippen LogP contribution in [0.15, 0.2) is 41.5 Å². The van der Waals surface area contributed by atoms with Crippen molar-refractivity contribution in [3.8, 4) is 0 Å². The largest absolute Gasteiger partial charge is 0.544 e.